The molecule has 156 valence electrons. The maximum atomic E-state index is 14.2. The summed E-state index contributed by atoms with van der Waals surface area (Å²) in [6.45, 7) is 1.98. The summed E-state index contributed by atoms with van der Waals surface area (Å²) in [4.78, 5) is 14.1. The van der Waals surface area contributed by atoms with Crippen LogP contribution in [0.2, 0.25) is 0 Å². The molecule has 3 heterocycles. The van der Waals surface area contributed by atoms with E-state index in [1.807, 2.05) is 10.9 Å². The molecular weight excluding hydrogens is 392 g/mol. The first-order valence-corrected chi connectivity index (χ1v) is 9.54. The van der Waals surface area contributed by atoms with Gasteiger partial charge in [-0.1, -0.05) is 6.07 Å². The average Bonchev–Trinajstić information content (AvgIpc) is 3.17. The molecule has 0 radical (unpaired) electrons. The maximum Gasteiger partial charge on any atom is 0.271 e. The Kier molecular flexibility index (Phi) is 5.40. The van der Waals surface area contributed by atoms with Crippen molar-refractivity contribution in [1.82, 2.24) is 24.9 Å². The Morgan fingerprint density at radius 2 is 1.90 bits per heavy atom. The van der Waals surface area contributed by atoms with Crippen LogP contribution in [0.3, 0.4) is 0 Å². The summed E-state index contributed by atoms with van der Waals surface area (Å²) in [6.07, 6.45) is 5.41. The summed E-state index contributed by atoms with van der Waals surface area (Å²) in [6, 6.07) is 5.14. The molecule has 30 heavy (non-hydrogen) atoms. The van der Waals surface area contributed by atoms with Gasteiger partial charge in [-0.05, 0) is 51.2 Å². The summed E-state index contributed by atoms with van der Waals surface area (Å²) in [5.41, 5.74) is 5.67. The number of nitrogens with one attached hydrogen (secondary N) is 1. The Morgan fingerprint density at radius 1 is 1.20 bits per heavy atom. The van der Waals surface area contributed by atoms with Gasteiger partial charge in [-0.25, -0.2) is 8.78 Å². The fraction of sp³-hybridized carbons (Fsp3) is 0.300. The molecule has 0 unspecified atom stereocenters. The molecule has 1 saturated heterocycles. The number of carbonyl (C=O) groups is 1. The highest BCUT2D eigenvalue weighted by Gasteiger charge is 2.21. The van der Waals surface area contributed by atoms with Crippen LogP contribution < -0.4 is 11.1 Å². The molecule has 1 fully saturated rings. The number of nitrogens with two attached hydrogens (primary N) is 1. The largest absolute Gasteiger partial charge is 0.364 e. The first kappa shape index (κ1) is 19.9. The second kappa shape index (κ2) is 8.15. The van der Waals surface area contributed by atoms with Crippen LogP contribution in [-0.4, -0.2) is 50.9 Å². The Balaban J connectivity index is 1.64. The molecule has 1 amide bonds. The number of likely N-dealkylation sites (tertiary alicyclic amines) is 1. The molecule has 2 aromatic heterocycles. The molecule has 1 aliphatic rings. The van der Waals surface area contributed by atoms with E-state index in [0.29, 0.717) is 5.69 Å². The number of hydrogen-bond acceptors (Lipinski definition) is 6. The number of hydrogen-bond donors (Lipinski definition) is 2. The van der Waals surface area contributed by atoms with Crippen molar-refractivity contribution in [2.75, 3.05) is 25.5 Å². The van der Waals surface area contributed by atoms with Gasteiger partial charge in [0.25, 0.3) is 5.91 Å². The lowest BCUT2D eigenvalue weighted by molar-refractivity contribution is 0.0995. The number of primary amides is 1. The number of nitrogens with zero attached hydrogens (tertiary/aromatic N) is 5. The van der Waals surface area contributed by atoms with Crippen molar-refractivity contribution in [3.05, 3.63) is 54.0 Å². The summed E-state index contributed by atoms with van der Waals surface area (Å²) < 4.78 is 30.2. The van der Waals surface area contributed by atoms with Crippen molar-refractivity contribution in [3.8, 4) is 11.3 Å². The van der Waals surface area contributed by atoms with Crippen molar-refractivity contribution >= 4 is 17.3 Å². The fourth-order valence-corrected chi connectivity index (χ4v) is 3.55. The van der Waals surface area contributed by atoms with Crippen LogP contribution in [0.15, 0.2) is 36.7 Å². The van der Waals surface area contributed by atoms with Gasteiger partial charge in [0.05, 0.1) is 29.2 Å². The van der Waals surface area contributed by atoms with Crippen LogP contribution in [-0.2, 0) is 0 Å². The van der Waals surface area contributed by atoms with Crippen molar-refractivity contribution in [3.63, 3.8) is 0 Å². The quantitative estimate of drug-likeness (QED) is 0.667. The third-order valence-electron chi connectivity index (χ3n) is 5.19. The van der Waals surface area contributed by atoms with Crippen molar-refractivity contribution in [1.29, 1.82) is 0 Å². The second-order valence-corrected chi connectivity index (χ2v) is 7.32. The Labute approximate surface area is 171 Å². The molecular formula is C20H21F2N7O. The lowest BCUT2D eigenvalue weighted by atomic mass is 10.1. The van der Waals surface area contributed by atoms with E-state index in [-0.39, 0.29) is 28.7 Å². The van der Waals surface area contributed by atoms with Gasteiger partial charge in [-0.15, -0.1) is 10.2 Å². The van der Waals surface area contributed by atoms with Gasteiger partial charge in [-0.3, -0.25) is 9.48 Å². The Bertz CT molecular complexity index is 1060. The zero-order valence-corrected chi connectivity index (χ0v) is 16.3. The highest BCUT2D eigenvalue weighted by atomic mass is 19.1. The number of aromatic nitrogens is 4. The molecule has 0 atom stereocenters. The molecule has 0 bridgehead atoms. The minimum atomic E-state index is -0.812. The fourth-order valence-electron chi connectivity index (χ4n) is 3.55. The van der Waals surface area contributed by atoms with E-state index < -0.39 is 17.5 Å². The average molecular weight is 413 g/mol. The molecule has 0 spiro atoms. The summed E-state index contributed by atoms with van der Waals surface area (Å²) in [7, 11) is 2.09. The summed E-state index contributed by atoms with van der Waals surface area (Å²) in [5, 5.41) is 15.0. The van der Waals surface area contributed by atoms with Gasteiger partial charge >= 0.3 is 0 Å². The number of carbonyl (C=O) groups excluding carboxylic acids is 1. The molecule has 3 N–H and O–H groups in total. The minimum absolute atomic E-state index is 0.0548. The molecule has 0 aliphatic carbocycles. The van der Waals surface area contributed by atoms with Crippen LogP contribution in [0.5, 0.6) is 0 Å². The standard InChI is InChI=1S/C20H21F2N7O/c1-28-7-5-13(6-8-28)29-11-12(10-24-29)25-17-9-16(26-27-19(17)20(23)30)18-14(21)3-2-4-15(18)22/h2-4,9-11,13H,5-8H2,1H3,(H2,23,30)(H,25,26). The van der Waals surface area contributed by atoms with Crippen LogP contribution in [0, 0.1) is 11.6 Å². The summed E-state index contributed by atoms with van der Waals surface area (Å²) in [5.74, 6) is -2.37. The first-order chi connectivity index (χ1) is 14.4. The third-order valence-corrected chi connectivity index (χ3v) is 5.19. The number of halogens is 2. The van der Waals surface area contributed by atoms with Gasteiger partial charge in [0.15, 0.2) is 5.69 Å². The van der Waals surface area contributed by atoms with Crippen LogP contribution in [0.25, 0.3) is 11.3 Å². The number of benzene rings is 1. The number of anilines is 2. The van der Waals surface area contributed by atoms with Crippen LogP contribution in [0.4, 0.5) is 20.2 Å². The van der Waals surface area contributed by atoms with Crippen LogP contribution >= 0.6 is 0 Å². The molecule has 3 aromatic rings. The van der Waals surface area contributed by atoms with E-state index in [1.165, 1.54) is 12.1 Å². The van der Waals surface area contributed by atoms with Crippen molar-refractivity contribution in [2.24, 2.45) is 5.73 Å². The Morgan fingerprint density at radius 3 is 2.57 bits per heavy atom. The molecule has 1 aliphatic heterocycles. The topological polar surface area (TPSA) is 102 Å². The Hall–Kier alpha value is -3.40. The van der Waals surface area contributed by atoms with Crippen molar-refractivity contribution < 1.29 is 13.6 Å². The van der Waals surface area contributed by atoms with E-state index >= 15 is 0 Å². The first-order valence-electron chi connectivity index (χ1n) is 9.54. The second-order valence-electron chi connectivity index (χ2n) is 7.32. The monoisotopic (exact) mass is 413 g/mol. The van der Waals surface area contributed by atoms with E-state index in [1.54, 1.807) is 6.20 Å². The van der Waals surface area contributed by atoms with E-state index in [0.717, 1.165) is 38.1 Å². The zero-order chi connectivity index (χ0) is 21.3. The highest BCUT2D eigenvalue weighted by molar-refractivity contribution is 5.97. The molecule has 0 saturated carbocycles. The highest BCUT2D eigenvalue weighted by Crippen LogP contribution is 2.29. The van der Waals surface area contributed by atoms with Gasteiger partial charge in [-0.2, -0.15) is 5.10 Å². The maximum absolute atomic E-state index is 14.2. The normalized spacial score (nSPS) is 15.3. The zero-order valence-electron chi connectivity index (χ0n) is 16.3. The lowest BCUT2D eigenvalue weighted by Crippen LogP contribution is -2.31. The van der Waals surface area contributed by atoms with E-state index in [2.05, 4.69) is 32.6 Å². The summed E-state index contributed by atoms with van der Waals surface area (Å²) >= 11 is 0. The van der Waals surface area contributed by atoms with Gasteiger partial charge in [0.1, 0.15) is 17.3 Å². The number of rotatable bonds is 5. The van der Waals surface area contributed by atoms with Gasteiger partial charge in [0, 0.05) is 6.20 Å². The predicted molar refractivity (Wildman–Crippen MR) is 107 cm³/mol. The van der Waals surface area contributed by atoms with E-state index in [4.69, 9.17) is 5.73 Å². The van der Waals surface area contributed by atoms with Crippen molar-refractivity contribution in [2.45, 2.75) is 18.9 Å². The minimum Gasteiger partial charge on any atom is -0.364 e. The lowest BCUT2D eigenvalue weighted by Gasteiger charge is -2.28. The molecule has 10 heteroatoms. The molecule has 1 aromatic carbocycles. The van der Waals surface area contributed by atoms with E-state index in [9.17, 15) is 13.6 Å². The predicted octanol–water partition coefficient (Wildman–Crippen LogP) is 2.73. The van der Waals surface area contributed by atoms with Crippen LogP contribution in [0.1, 0.15) is 29.4 Å². The number of piperidine rings is 1. The van der Waals surface area contributed by atoms with Gasteiger partial charge < -0.3 is 16.0 Å². The number of amides is 1. The SMILES string of the molecule is CN1CCC(n2cc(Nc3cc(-c4c(F)cccc4F)nnc3C(N)=O)cn2)CC1. The molecule has 4 rings (SSSR count). The smallest absolute Gasteiger partial charge is 0.271 e. The molecule has 8 nitrogen and oxygen atoms in total. The van der Waals surface area contributed by atoms with Gasteiger partial charge in [0.2, 0.25) is 0 Å². The third kappa shape index (κ3) is 3.99.